The van der Waals surface area contributed by atoms with Crippen LogP contribution in [0.5, 0.6) is 0 Å². The molecule has 0 radical (unpaired) electrons. The van der Waals surface area contributed by atoms with Crippen molar-refractivity contribution in [2.24, 2.45) is 0 Å². The molecule has 5 heteroatoms. The van der Waals surface area contributed by atoms with Crippen LogP contribution in [0.4, 0.5) is 0 Å². The molecular weight excluding hydrogens is 640 g/mol. The first kappa shape index (κ1) is 44.2. The van der Waals surface area contributed by atoms with E-state index in [2.05, 4.69) is 65.8 Å². The van der Waals surface area contributed by atoms with E-state index in [0.29, 0.717) is 4.90 Å². The molecule has 0 saturated carbocycles. The van der Waals surface area contributed by atoms with E-state index in [0.717, 1.165) is 124 Å². The van der Waals surface area contributed by atoms with Gasteiger partial charge < -0.3 is 0 Å². The number of rotatable bonds is 31. The molecule has 2 aromatic carbocycles. The Hall–Kier alpha value is -0.960. The van der Waals surface area contributed by atoms with Crippen LogP contribution >= 0.6 is 6.83 Å². The minimum Gasteiger partial charge on any atom is -0.0654 e. The summed E-state index contributed by atoms with van der Waals surface area (Å²) in [5, 5.41) is 1.92. The third-order valence-corrected chi connectivity index (χ3v) is 20.4. The van der Waals surface area contributed by atoms with Crippen LogP contribution in [0.3, 0.4) is 0 Å². The van der Waals surface area contributed by atoms with E-state index in [1.54, 1.807) is 0 Å². The van der Waals surface area contributed by atoms with Crippen LogP contribution < -0.4 is 0 Å². The van der Waals surface area contributed by atoms with Crippen LogP contribution in [0, 0.1) is 0 Å². The van der Waals surface area contributed by atoms with E-state index in [-0.39, 0.29) is 0 Å². The topological polar surface area (TPSA) is 43.4 Å². The average molecular weight is 719 g/mol. The van der Waals surface area contributed by atoms with Gasteiger partial charge >= 0.3 is 286 Å². The van der Waals surface area contributed by atoms with Crippen molar-refractivity contribution in [3.05, 3.63) is 41.5 Å². The number of unbranched alkanes of at least 4 members (excludes halogenated alkanes) is 16. The fourth-order valence-electron chi connectivity index (χ4n) is 8.09. The molecule has 0 fully saturated rings. The van der Waals surface area contributed by atoms with Gasteiger partial charge in [-0.1, -0.05) is 20.3 Å². The van der Waals surface area contributed by atoms with Crippen molar-refractivity contribution in [2.75, 3.05) is 24.6 Å². The predicted octanol–water partition coefficient (Wildman–Crippen LogP) is 14.8. The third kappa shape index (κ3) is 14.5. The second kappa shape index (κ2) is 24.3. The summed E-state index contributed by atoms with van der Waals surface area (Å²) in [5.41, 5.74) is 2.33. The second-order valence-corrected chi connectivity index (χ2v) is 22.9. The van der Waals surface area contributed by atoms with Crippen molar-refractivity contribution >= 4 is 27.7 Å². The molecule has 0 aliphatic carbocycles. The molecule has 0 atom stereocenters. The molecule has 0 bridgehead atoms. The number of fused-ring (bicyclic) bond motifs is 1. The number of hydrogen-bond donors (Lipinski definition) is 0. The van der Waals surface area contributed by atoms with Crippen LogP contribution in [-0.2, 0) is 26.9 Å². The SMILES string of the molecule is CCCCCCCCCc1cc2ccccc2c(S(=O)(=O)OP(CCCC)(CCCC)(CCCC)CCCC)c1CCCCCCCCC. The summed E-state index contributed by atoms with van der Waals surface area (Å²) < 4.78 is 38.0. The van der Waals surface area contributed by atoms with Crippen LogP contribution in [0.2, 0.25) is 0 Å². The van der Waals surface area contributed by atoms with Crippen LogP contribution in [0.25, 0.3) is 10.8 Å². The van der Waals surface area contributed by atoms with Gasteiger partial charge in [0.2, 0.25) is 0 Å². The minimum atomic E-state index is -4.02. The molecule has 0 saturated heterocycles. The second-order valence-electron chi connectivity index (χ2n) is 15.5. The summed E-state index contributed by atoms with van der Waals surface area (Å²) in [7, 11) is -4.02. The Morgan fingerprint density at radius 1 is 0.510 bits per heavy atom. The van der Waals surface area contributed by atoms with Gasteiger partial charge in [0.1, 0.15) is 0 Å². The quantitative estimate of drug-likeness (QED) is 0.0576. The molecule has 0 N–H and O–H groups in total. The average Bonchev–Trinajstić information content (AvgIpc) is 3.10. The molecule has 0 amide bonds. The van der Waals surface area contributed by atoms with Crippen molar-refractivity contribution in [2.45, 2.75) is 201 Å². The summed E-state index contributed by atoms with van der Waals surface area (Å²) >= 11 is 0. The first-order valence-electron chi connectivity index (χ1n) is 21.3. The molecule has 0 heterocycles. The molecule has 284 valence electrons. The van der Waals surface area contributed by atoms with Crippen molar-refractivity contribution in [3.63, 3.8) is 0 Å². The smallest absolute Gasteiger partial charge is 0.0654 e. The van der Waals surface area contributed by atoms with Gasteiger partial charge in [-0.3, -0.25) is 0 Å². The van der Waals surface area contributed by atoms with Gasteiger partial charge in [0.15, 0.2) is 0 Å². The van der Waals surface area contributed by atoms with Crippen molar-refractivity contribution < 1.29 is 12.4 Å². The Labute approximate surface area is 305 Å². The zero-order valence-corrected chi connectivity index (χ0v) is 35.0. The third-order valence-electron chi connectivity index (χ3n) is 11.1. The molecular formula is C44H79O3PS. The normalized spacial score (nSPS) is 13.2. The molecule has 0 aromatic heterocycles. The van der Waals surface area contributed by atoms with Gasteiger partial charge in [0, 0.05) is 0 Å². The van der Waals surface area contributed by atoms with E-state index in [9.17, 15) is 0 Å². The van der Waals surface area contributed by atoms with Crippen LogP contribution in [-0.4, -0.2) is 33.1 Å². The van der Waals surface area contributed by atoms with Crippen molar-refractivity contribution in [3.8, 4) is 0 Å². The van der Waals surface area contributed by atoms with Crippen LogP contribution in [0.15, 0.2) is 35.2 Å². The standard InChI is InChI=1S/C44H79O3PS/c1-7-13-19-21-23-25-27-31-40-39-41-32-29-30-34-43(41)44(42(40)33-28-26-24-22-20-14-8-2)49(45,46)47-48(35-15-9-3,36-16-10-4,37-17-11-5)38-18-12-6/h29-30,32,34,39H,7-28,31,33,35-38H2,1-6H3. The van der Waals surface area contributed by atoms with Gasteiger partial charge in [0.25, 0.3) is 0 Å². The first-order chi connectivity index (χ1) is 23.7. The Bertz CT molecular complexity index is 1230. The fraction of sp³-hybridized carbons (Fsp3) is 0.773. The summed E-state index contributed by atoms with van der Waals surface area (Å²) in [6, 6.07) is 10.6. The van der Waals surface area contributed by atoms with E-state index < -0.39 is 16.9 Å². The first-order valence-corrected chi connectivity index (χ1v) is 25.6. The molecule has 0 aliphatic rings. The maximum atomic E-state index is 15.4. The Morgan fingerprint density at radius 3 is 1.39 bits per heavy atom. The monoisotopic (exact) mass is 719 g/mol. The molecule has 49 heavy (non-hydrogen) atoms. The van der Waals surface area contributed by atoms with Crippen molar-refractivity contribution in [1.82, 2.24) is 0 Å². The molecule has 0 aliphatic heterocycles. The molecule has 2 aromatic rings. The van der Waals surface area contributed by atoms with Gasteiger partial charge in [-0.2, -0.15) is 0 Å². The number of benzene rings is 2. The summed E-state index contributed by atoms with van der Waals surface area (Å²) in [5.74, 6) is 0. The fourth-order valence-corrected chi connectivity index (χ4v) is 18.6. The van der Waals surface area contributed by atoms with E-state index in [4.69, 9.17) is 3.97 Å². The zero-order chi connectivity index (χ0) is 35.9. The van der Waals surface area contributed by atoms with Crippen molar-refractivity contribution in [1.29, 1.82) is 0 Å². The van der Waals surface area contributed by atoms with E-state index in [1.165, 1.54) is 76.2 Å². The molecule has 2 rings (SSSR count). The van der Waals surface area contributed by atoms with Crippen LogP contribution in [0.1, 0.15) is 194 Å². The molecule has 0 unspecified atom stereocenters. The van der Waals surface area contributed by atoms with E-state index in [1.807, 2.05) is 6.07 Å². The number of hydrogen-bond acceptors (Lipinski definition) is 3. The summed E-state index contributed by atoms with van der Waals surface area (Å²) in [6.07, 6.45) is 31.5. The summed E-state index contributed by atoms with van der Waals surface area (Å²) in [4.78, 5) is 0.532. The van der Waals surface area contributed by atoms with Gasteiger partial charge in [0.05, 0.1) is 0 Å². The van der Waals surface area contributed by atoms with E-state index >= 15 is 8.42 Å². The molecule has 0 spiro atoms. The van der Waals surface area contributed by atoms with Gasteiger partial charge in [-0.25, -0.2) is 0 Å². The van der Waals surface area contributed by atoms with Gasteiger partial charge in [-0.15, -0.1) is 0 Å². The molecule has 3 nitrogen and oxygen atoms in total. The minimum absolute atomic E-state index is 0.532. The van der Waals surface area contributed by atoms with Gasteiger partial charge in [-0.05, 0) is 0 Å². The Kier molecular flexibility index (Phi) is 21.9. The zero-order valence-electron chi connectivity index (χ0n) is 33.3. The number of aryl methyl sites for hydroxylation is 1. The summed E-state index contributed by atoms with van der Waals surface area (Å²) in [6.45, 7) is 10.5. The Morgan fingerprint density at radius 2 is 0.918 bits per heavy atom. The Balaban J connectivity index is 2.69. The predicted molar refractivity (Wildman–Crippen MR) is 222 cm³/mol. The maximum absolute atomic E-state index is 15.4.